The van der Waals surface area contributed by atoms with Crippen LogP contribution >= 0.6 is 55.1 Å². The van der Waals surface area contributed by atoms with Crippen molar-refractivity contribution in [3.8, 4) is 17.1 Å². The van der Waals surface area contributed by atoms with Crippen molar-refractivity contribution in [2.75, 3.05) is 7.11 Å². The minimum atomic E-state index is 0.257. The molecule has 0 saturated carbocycles. The van der Waals surface area contributed by atoms with Crippen LogP contribution in [0.15, 0.2) is 27.1 Å². The smallest absolute Gasteiger partial charge is 0.166 e. The Labute approximate surface area is 131 Å². The monoisotopic (exact) mass is 410 g/mol. The van der Waals surface area contributed by atoms with Crippen LogP contribution in [0.25, 0.3) is 11.4 Å². The molecule has 0 aliphatic rings. The number of ether oxygens (including phenoxy) is 1. The molecule has 0 amide bonds. The third-order valence-corrected chi connectivity index (χ3v) is 4.42. The molecule has 1 aromatic carbocycles. The van der Waals surface area contributed by atoms with Crippen molar-refractivity contribution in [3.63, 3.8) is 0 Å². The zero-order valence-electron chi connectivity index (χ0n) is 9.05. The summed E-state index contributed by atoms with van der Waals surface area (Å²) in [7, 11) is 1.58. The van der Waals surface area contributed by atoms with Gasteiger partial charge in [-0.1, -0.05) is 39.1 Å². The molecular formula is C11H6Br2Cl2N2O. The fourth-order valence-electron chi connectivity index (χ4n) is 1.37. The molecule has 0 N–H and O–H groups in total. The lowest BCUT2D eigenvalue weighted by Crippen LogP contribution is -1.95. The molecule has 0 unspecified atom stereocenters. The Bertz CT molecular complexity index is 585. The zero-order valence-corrected chi connectivity index (χ0v) is 13.7. The molecule has 1 heterocycles. The van der Waals surface area contributed by atoms with Gasteiger partial charge in [0.1, 0.15) is 16.1 Å². The molecule has 0 aliphatic carbocycles. The molecule has 2 aromatic rings. The maximum atomic E-state index is 5.97. The van der Waals surface area contributed by atoms with Crippen molar-refractivity contribution in [1.82, 2.24) is 9.97 Å². The number of nitrogens with zero attached hydrogens (tertiary/aromatic N) is 2. The largest absolute Gasteiger partial charge is 0.496 e. The van der Waals surface area contributed by atoms with Crippen LogP contribution in [0.4, 0.5) is 0 Å². The first-order valence-corrected chi connectivity index (χ1v) is 7.09. The fraction of sp³-hybridized carbons (Fsp3) is 0.0909. The minimum Gasteiger partial charge on any atom is -0.496 e. The van der Waals surface area contributed by atoms with Crippen molar-refractivity contribution in [3.05, 3.63) is 37.5 Å². The van der Waals surface area contributed by atoms with Gasteiger partial charge < -0.3 is 4.74 Å². The molecule has 1 aromatic heterocycles. The molecule has 0 spiro atoms. The molecule has 0 aliphatic heterocycles. The second-order valence-electron chi connectivity index (χ2n) is 3.29. The van der Waals surface area contributed by atoms with Gasteiger partial charge in [0.15, 0.2) is 5.82 Å². The molecule has 2 rings (SSSR count). The summed E-state index contributed by atoms with van der Waals surface area (Å²) in [6, 6.07) is 5.52. The zero-order chi connectivity index (χ0) is 13.3. The molecule has 0 bridgehead atoms. The Morgan fingerprint density at radius 1 is 1.11 bits per heavy atom. The average molecular weight is 413 g/mol. The Kier molecular flexibility index (Phi) is 4.48. The summed E-state index contributed by atoms with van der Waals surface area (Å²) in [6.45, 7) is 0. The van der Waals surface area contributed by atoms with Gasteiger partial charge >= 0.3 is 0 Å². The maximum Gasteiger partial charge on any atom is 0.166 e. The number of rotatable bonds is 2. The lowest BCUT2D eigenvalue weighted by Gasteiger charge is -2.09. The summed E-state index contributed by atoms with van der Waals surface area (Å²) < 4.78 is 6.63. The van der Waals surface area contributed by atoms with E-state index in [-0.39, 0.29) is 10.3 Å². The van der Waals surface area contributed by atoms with Gasteiger partial charge in [-0.05, 0) is 34.1 Å². The molecule has 0 saturated heterocycles. The molecule has 0 atom stereocenters. The number of aromatic nitrogens is 2. The van der Waals surface area contributed by atoms with E-state index in [2.05, 4.69) is 41.8 Å². The Morgan fingerprint density at radius 3 is 2.28 bits per heavy atom. The van der Waals surface area contributed by atoms with Gasteiger partial charge in [0.2, 0.25) is 0 Å². The quantitative estimate of drug-likeness (QED) is 0.652. The summed E-state index contributed by atoms with van der Waals surface area (Å²) in [4.78, 5) is 8.35. The van der Waals surface area contributed by atoms with Crippen molar-refractivity contribution < 1.29 is 4.74 Å². The first-order valence-electron chi connectivity index (χ1n) is 4.75. The standard InChI is InChI=1S/C11H6Br2Cl2N2O/c1-18-7-3-2-5(12)4-6(7)11-16-9(14)8(13)10(15)17-11/h2-4H,1H3. The van der Waals surface area contributed by atoms with E-state index in [0.717, 1.165) is 4.47 Å². The van der Waals surface area contributed by atoms with Gasteiger partial charge in [-0.25, -0.2) is 9.97 Å². The Morgan fingerprint density at radius 2 is 1.72 bits per heavy atom. The van der Waals surface area contributed by atoms with Gasteiger partial charge in [-0.15, -0.1) is 0 Å². The number of hydrogen-bond acceptors (Lipinski definition) is 3. The molecule has 7 heteroatoms. The van der Waals surface area contributed by atoms with E-state index in [1.165, 1.54) is 0 Å². The predicted octanol–water partition coefficient (Wildman–Crippen LogP) is 4.98. The van der Waals surface area contributed by atoms with Crippen LogP contribution in [0, 0.1) is 0 Å². The third kappa shape index (κ3) is 2.79. The summed E-state index contributed by atoms with van der Waals surface area (Å²) in [6.07, 6.45) is 0. The van der Waals surface area contributed by atoms with Crippen molar-refractivity contribution >= 4 is 55.1 Å². The summed E-state index contributed by atoms with van der Waals surface area (Å²) in [5.41, 5.74) is 0.711. The summed E-state index contributed by atoms with van der Waals surface area (Å²) in [5, 5.41) is 0.513. The lowest BCUT2D eigenvalue weighted by atomic mass is 10.2. The van der Waals surface area contributed by atoms with E-state index in [4.69, 9.17) is 27.9 Å². The number of hydrogen-bond donors (Lipinski definition) is 0. The SMILES string of the molecule is COc1ccc(Br)cc1-c1nc(Cl)c(Br)c(Cl)n1. The highest BCUT2D eigenvalue weighted by molar-refractivity contribution is 9.10. The van der Waals surface area contributed by atoms with Crippen LogP contribution in [-0.4, -0.2) is 17.1 Å². The van der Waals surface area contributed by atoms with Gasteiger partial charge in [0, 0.05) is 4.47 Å². The van der Waals surface area contributed by atoms with Gasteiger partial charge in [0.05, 0.1) is 17.1 Å². The Balaban J connectivity index is 2.65. The van der Waals surface area contributed by atoms with E-state index in [9.17, 15) is 0 Å². The van der Waals surface area contributed by atoms with Crippen LogP contribution in [-0.2, 0) is 0 Å². The van der Waals surface area contributed by atoms with E-state index in [0.29, 0.717) is 21.6 Å². The van der Waals surface area contributed by atoms with Crippen molar-refractivity contribution in [2.45, 2.75) is 0 Å². The van der Waals surface area contributed by atoms with Crippen molar-refractivity contribution in [2.24, 2.45) is 0 Å². The van der Waals surface area contributed by atoms with Crippen LogP contribution in [0.5, 0.6) is 5.75 Å². The van der Waals surface area contributed by atoms with Crippen molar-refractivity contribution in [1.29, 1.82) is 0 Å². The topological polar surface area (TPSA) is 35.0 Å². The summed E-state index contributed by atoms with van der Waals surface area (Å²) >= 11 is 18.5. The van der Waals surface area contributed by atoms with Crippen LogP contribution < -0.4 is 4.74 Å². The van der Waals surface area contributed by atoms with Crippen LogP contribution in [0.1, 0.15) is 0 Å². The fourth-order valence-corrected chi connectivity index (χ4v) is 2.30. The number of methoxy groups -OCH3 is 1. The molecule has 94 valence electrons. The van der Waals surface area contributed by atoms with Gasteiger partial charge in [-0.2, -0.15) is 0 Å². The van der Waals surface area contributed by atoms with E-state index < -0.39 is 0 Å². The van der Waals surface area contributed by atoms with E-state index in [1.54, 1.807) is 7.11 Å². The third-order valence-electron chi connectivity index (χ3n) is 2.17. The average Bonchev–Trinajstić information content (AvgIpc) is 2.35. The highest BCUT2D eigenvalue weighted by atomic mass is 79.9. The summed E-state index contributed by atoms with van der Waals surface area (Å²) in [5.74, 6) is 1.05. The molecule has 0 radical (unpaired) electrons. The minimum absolute atomic E-state index is 0.257. The highest BCUT2D eigenvalue weighted by Crippen LogP contribution is 2.34. The second kappa shape index (κ2) is 5.74. The highest BCUT2D eigenvalue weighted by Gasteiger charge is 2.14. The molecular weight excluding hydrogens is 407 g/mol. The van der Waals surface area contributed by atoms with E-state index >= 15 is 0 Å². The maximum absolute atomic E-state index is 5.97. The molecule has 0 fully saturated rings. The first kappa shape index (κ1) is 14.1. The van der Waals surface area contributed by atoms with Crippen LogP contribution in [0.2, 0.25) is 10.3 Å². The number of halogens is 4. The van der Waals surface area contributed by atoms with Gasteiger partial charge in [0.25, 0.3) is 0 Å². The Hall–Kier alpha value is -0.360. The molecule has 3 nitrogen and oxygen atoms in total. The van der Waals surface area contributed by atoms with Crippen LogP contribution in [0.3, 0.4) is 0 Å². The van der Waals surface area contributed by atoms with Gasteiger partial charge in [-0.3, -0.25) is 0 Å². The first-order chi connectivity index (χ1) is 8.52. The number of benzene rings is 1. The lowest BCUT2D eigenvalue weighted by molar-refractivity contribution is 0.416. The second-order valence-corrected chi connectivity index (χ2v) is 5.71. The molecule has 18 heavy (non-hydrogen) atoms. The normalized spacial score (nSPS) is 10.5. The predicted molar refractivity (Wildman–Crippen MR) is 79.4 cm³/mol. The van der Waals surface area contributed by atoms with E-state index in [1.807, 2.05) is 18.2 Å².